The normalized spacial score (nSPS) is 14.4. The first-order chi connectivity index (χ1) is 7.88. The molecule has 3 N–H and O–H groups in total. The summed E-state index contributed by atoms with van der Waals surface area (Å²) in [6.45, 7) is 6.37. The van der Waals surface area contributed by atoms with Crippen molar-refractivity contribution in [1.82, 2.24) is 9.88 Å². The van der Waals surface area contributed by atoms with Gasteiger partial charge in [0.2, 0.25) is 5.91 Å². The van der Waals surface area contributed by atoms with E-state index < -0.39 is 5.54 Å². The van der Waals surface area contributed by atoms with E-state index in [0.29, 0.717) is 13.0 Å². The number of carbonyl (C=O) groups excluding carboxylic acids is 1. The van der Waals surface area contributed by atoms with Crippen LogP contribution in [0.5, 0.6) is 0 Å². The number of carbonyl (C=O) groups is 1. The van der Waals surface area contributed by atoms with E-state index in [1.165, 1.54) is 5.69 Å². The van der Waals surface area contributed by atoms with Gasteiger partial charge in [-0.15, -0.1) is 0 Å². The highest BCUT2D eigenvalue weighted by Gasteiger charge is 2.26. The molecule has 17 heavy (non-hydrogen) atoms. The summed E-state index contributed by atoms with van der Waals surface area (Å²) in [5, 5.41) is 2.89. The van der Waals surface area contributed by atoms with Crippen LogP contribution in [0, 0.1) is 6.92 Å². The molecule has 4 nitrogen and oxygen atoms in total. The molecule has 96 valence electrons. The second-order valence-corrected chi connectivity index (χ2v) is 4.88. The zero-order valence-corrected chi connectivity index (χ0v) is 11.2. The van der Waals surface area contributed by atoms with Gasteiger partial charge < -0.3 is 15.6 Å². The SMILES string of the molecule is CCC[C@@](C)(N)C(=O)NCc1ccc(C)n1C. The van der Waals surface area contributed by atoms with Crippen LogP contribution in [0.4, 0.5) is 0 Å². The zero-order valence-electron chi connectivity index (χ0n) is 11.2. The molecule has 0 aliphatic heterocycles. The first-order valence-electron chi connectivity index (χ1n) is 6.07. The van der Waals surface area contributed by atoms with E-state index in [4.69, 9.17) is 5.73 Å². The lowest BCUT2D eigenvalue weighted by molar-refractivity contribution is -0.126. The number of hydrogen-bond donors (Lipinski definition) is 2. The van der Waals surface area contributed by atoms with Gasteiger partial charge in [-0.3, -0.25) is 4.79 Å². The van der Waals surface area contributed by atoms with Crippen molar-refractivity contribution < 1.29 is 4.79 Å². The minimum atomic E-state index is -0.769. The van der Waals surface area contributed by atoms with Crippen molar-refractivity contribution in [1.29, 1.82) is 0 Å². The van der Waals surface area contributed by atoms with E-state index in [1.54, 1.807) is 6.92 Å². The first kappa shape index (κ1) is 13.8. The van der Waals surface area contributed by atoms with E-state index >= 15 is 0 Å². The van der Waals surface area contributed by atoms with Crippen molar-refractivity contribution in [3.8, 4) is 0 Å². The quantitative estimate of drug-likeness (QED) is 0.814. The third kappa shape index (κ3) is 3.33. The van der Waals surface area contributed by atoms with Crippen molar-refractivity contribution >= 4 is 5.91 Å². The van der Waals surface area contributed by atoms with Gasteiger partial charge in [0.15, 0.2) is 0 Å². The Morgan fingerprint density at radius 3 is 2.65 bits per heavy atom. The highest BCUT2D eigenvalue weighted by atomic mass is 16.2. The van der Waals surface area contributed by atoms with Gasteiger partial charge >= 0.3 is 0 Å². The Morgan fingerprint density at radius 2 is 2.18 bits per heavy atom. The molecular weight excluding hydrogens is 214 g/mol. The number of nitrogens with zero attached hydrogens (tertiary/aromatic N) is 1. The number of nitrogens with one attached hydrogen (secondary N) is 1. The maximum atomic E-state index is 11.9. The van der Waals surface area contributed by atoms with Crippen LogP contribution in [0.2, 0.25) is 0 Å². The second-order valence-electron chi connectivity index (χ2n) is 4.88. The van der Waals surface area contributed by atoms with Crippen LogP contribution in [-0.4, -0.2) is 16.0 Å². The maximum absolute atomic E-state index is 11.9. The molecule has 0 aliphatic carbocycles. The van der Waals surface area contributed by atoms with Gasteiger partial charge in [0.1, 0.15) is 0 Å². The van der Waals surface area contributed by atoms with Crippen molar-refractivity contribution in [3.05, 3.63) is 23.5 Å². The molecule has 0 radical (unpaired) electrons. The van der Waals surface area contributed by atoms with E-state index in [-0.39, 0.29) is 5.91 Å². The largest absolute Gasteiger partial charge is 0.350 e. The molecule has 1 atom stereocenters. The average molecular weight is 237 g/mol. The van der Waals surface area contributed by atoms with Crippen LogP contribution >= 0.6 is 0 Å². The van der Waals surface area contributed by atoms with Crippen molar-refractivity contribution in [2.75, 3.05) is 0 Å². The molecule has 1 aromatic heterocycles. The van der Waals surface area contributed by atoms with E-state index in [0.717, 1.165) is 12.1 Å². The molecule has 0 aliphatic rings. The van der Waals surface area contributed by atoms with Crippen LogP contribution in [-0.2, 0) is 18.4 Å². The molecule has 0 bridgehead atoms. The summed E-state index contributed by atoms with van der Waals surface area (Å²) in [7, 11) is 1.99. The van der Waals surface area contributed by atoms with Gasteiger partial charge in [-0.05, 0) is 32.4 Å². The highest BCUT2D eigenvalue weighted by Crippen LogP contribution is 2.10. The Bertz CT molecular complexity index is 393. The summed E-state index contributed by atoms with van der Waals surface area (Å²) >= 11 is 0. The third-order valence-electron chi connectivity index (χ3n) is 3.19. The fraction of sp³-hybridized carbons (Fsp3) is 0.615. The summed E-state index contributed by atoms with van der Waals surface area (Å²) in [6, 6.07) is 4.05. The molecule has 1 heterocycles. The molecular formula is C13H23N3O. The Morgan fingerprint density at radius 1 is 1.53 bits per heavy atom. The lowest BCUT2D eigenvalue weighted by Gasteiger charge is -2.22. The Kier molecular flexibility index (Phi) is 4.34. The summed E-state index contributed by atoms with van der Waals surface area (Å²) in [4.78, 5) is 11.9. The lowest BCUT2D eigenvalue weighted by Crippen LogP contribution is -2.51. The minimum absolute atomic E-state index is 0.0850. The Hall–Kier alpha value is -1.29. The number of nitrogens with two attached hydrogens (primary N) is 1. The molecule has 0 unspecified atom stereocenters. The van der Waals surface area contributed by atoms with Crippen molar-refractivity contribution in [2.24, 2.45) is 12.8 Å². The Labute approximate surface area is 103 Å². The van der Waals surface area contributed by atoms with E-state index in [9.17, 15) is 4.79 Å². The smallest absolute Gasteiger partial charge is 0.240 e. The predicted molar refractivity (Wildman–Crippen MR) is 69.5 cm³/mol. The summed E-state index contributed by atoms with van der Waals surface area (Å²) in [6.07, 6.45) is 1.61. The topological polar surface area (TPSA) is 60.1 Å². The van der Waals surface area contributed by atoms with E-state index in [2.05, 4.69) is 9.88 Å². The number of hydrogen-bond acceptors (Lipinski definition) is 2. The van der Waals surface area contributed by atoms with Crippen LogP contribution < -0.4 is 11.1 Å². The molecule has 1 aromatic rings. The number of aromatic nitrogens is 1. The summed E-state index contributed by atoms with van der Waals surface area (Å²) in [5.74, 6) is -0.0850. The van der Waals surface area contributed by atoms with Crippen LogP contribution in [0.3, 0.4) is 0 Å². The number of rotatable bonds is 5. The van der Waals surface area contributed by atoms with E-state index in [1.807, 2.05) is 33.0 Å². The zero-order chi connectivity index (χ0) is 13.1. The molecule has 0 saturated heterocycles. The molecule has 1 amide bonds. The molecule has 1 rings (SSSR count). The van der Waals surface area contributed by atoms with Gasteiger partial charge in [0.25, 0.3) is 0 Å². The molecule has 0 aromatic carbocycles. The molecule has 0 fully saturated rings. The van der Waals surface area contributed by atoms with Gasteiger partial charge in [-0.2, -0.15) is 0 Å². The van der Waals surface area contributed by atoms with Gasteiger partial charge in [0.05, 0.1) is 12.1 Å². The van der Waals surface area contributed by atoms with Crippen LogP contribution in [0.1, 0.15) is 38.1 Å². The maximum Gasteiger partial charge on any atom is 0.240 e. The molecule has 0 saturated carbocycles. The Balaban J connectivity index is 2.57. The summed E-state index contributed by atoms with van der Waals surface area (Å²) in [5.41, 5.74) is 7.46. The van der Waals surface area contributed by atoms with Crippen molar-refractivity contribution in [3.63, 3.8) is 0 Å². The third-order valence-corrected chi connectivity index (χ3v) is 3.19. The highest BCUT2D eigenvalue weighted by molar-refractivity contribution is 5.85. The van der Waals surface area contributed by atoms with Crippen molar-refractivity contribution in [2.45, 2.75) is 45.7 Å². The van der Waals surface area contributed by atoms with Gasteiger partial charge in [-0.1, -0.05) is 13.3 Å². The number of aryl methyl sites for hydroxylation is 1. The molecule has 4 heteroatoms. The molecule has 0 spiro atoms. The van der Waals surface area contributed by atoms with Crippen LogP contribution in [0.15, 0.2) is 12.1 Å². The minimum Gasteiger partial charge on any atom is -0.350 e. The average Bonchev–Trinajstić information content (AvgIpc) is 2.56. The van der Waals surface area contributed by atoms with Gasteiger partial charge in [0, 0.05) is 18.4 Å². The fourth-order valence-corrected chi connectivity index (χ4v) is 1.85. The standard InChI is InChI=1S/C13H23N3O/c1-5-8-13(3,14)12(17)15-9-11-7-6-10(2)16(11)4/h6-7H,5,8-9,14H2,1-4H3,(H,15,17)/t13-/m1/s1. The van der Waals surface area contributed by atoms with Crippen LogP contribution in [0.25, 0.3) is 0 Å². The first-order valence-corrected chi connectivity index (χ1v) is 6.07. The van der Waals surface area contributed by atoms with Gasteiger partial charge in [-0.25, -0.2) is 0 Å². The monoisotopic (exact) mass is 237 g/mol. The fourth-order valence-electron chi connectivity index (χ4n) is 1.85. The second kappa shape index (κ2) is 5.36. The predicted octanol–water partition coefficient (Wildman–Crippen LogP) is 1.47. The number of amides is 1. The summed E-state index contributed by atoms with van der Waals surface area (Å²) < 4.78 is 2.06. The lowest BCUT2D eigenvalue weighted by atomic mass is 9.96.